The van der Waals surface area contributed by atoms with E-state index < -0.39 is 15.6 Å². The van der Waals surface area contributed by atoms with Crippen molar-refractivity contribution >= 4 is 25.9 Å². The quantitative estimate of drug-likeness (QED) is 0.251. The molecule has 4 nitrogen and oxygen atoms in total. The molecule has 33 heavy (non-hydrogen) atoms. The molecule has 1 heterocycles. The second-order valence-electron chi connectivity index (χ2n) is 7.90. The fourth-order valence-corrected chi connectivity index (χ4v) is 5.34. The summed E-state index contributed by atoms with van der Waals surface area (Å²) in [5.41, 5.74) is 1.97. The van der Waals surface area contributed by atoms with Crippen molar-refractivity contribution in [3.8, 4) is 0 Å². The third-order valence-corrected chi connectivity index (χ3v) is 8.23. The van der Waals surface area contributed by atoms with Crippen LogP contribution in [0.4, 0.5) is 0 Å². The molecule has 0 atom stereocenters. The predicted molar refractivity (Wildman–Crippen MR) is 129 cm³/mol. The van der Waals surface area contributed by atoms with Crippen LogP contribution in [0.25, 0.3) is 0 Å². The van der Waals surface area contributed by atoms with Crippen molar-refractivity contribution in [1.82, 2.24) is 0 Å². The van der Waals surface area contributed by atoms with Crippen molar-refractivity contribution < 1.29 is 28.8 Å². The molecular weight excluding hydrogens is 473 g/mol. The van der Waals surface area contributed by atoms with Gasteiger partial charge in [0.2, 0.25) is 0 Å². The number of ketones is 1. The molecule has 2 aromatic carbocycles. The summed E-state index contributed by atoms with van der Waals surface area (Å²) in [4.78, 5) is 12.3. The molecule has 0 radical (unpaired) electrons. The number of sulfone groups is 1. The molecule has 1 aliphatic rings. The van der Waals surface area contributed by atoms with E-state index in [4.69, 9.17) is 5.41 Å². The summed E-state index contributed by atoms with van der Waals surface area (Å²) >= 11 is 3.67. The van der Waals surface area contributed by atoms with Crippen LogP contribution < -0.4 is 0 Å². The number of nitrogens with one attached hydrogen (secondary N) is 1. The molecular formula is C27H23MnNO3S. The third kappa shape index (κ3) is 4.80. The molecule has 0 aromatic heterocycles. The van der Waals surface area contributed by atoms with E-state index in [1.807, 2.05) is 36.4 Å². The van der Waals surface area contributed by atoms with Crippen molar-refractivity contribution in [3.05, 3.63) is 119 Å². The maximum atomic E-state index is 12.7. The SMILES string of the molecule is C=C/C(=C\[C](=[Mn])C(C)(C)c1ccccc1)C(=C=N)/C=C/C=C1/C(=O)c2ccccc2S1(=O)=O. The van der Waals surface area contributed by atoms with Crippen LogP contribution in [0.1, 0.15) is 29.8 Å². The van der Waals surface area contributed by atoms with E-state index >= 15 is 0 Å². The Balaban J connectivity index is 1.90. The number of carbonyl (C=O) groups is 1. The number of fused-ring (bicyclic) bond motifs is 1. The average molecular weight is 496 g/mol. The zero-order chi connectivity index (χ0) is 24.2. The molecule has 167 valence electrons. The van der Waals surface area contributed by atoms with E-state index in [1.54, 1.807) is 18.2 Å². The van der Waals surface area contributed by atoms with Crippen molar-refractivity contribution in [2.75, 3.05) is 0 Å². The molecule has 1 N–H and O–H groups in total. The van der Waals surface area contributed by atoms with Gasteiger partial charge in [0, 0.05) is 0 Å². The van der Waals surface area contributed by atoms with Crippen LogP contribution in [0.15, 0.2) is 113 Å². The summed E-state index contributed by atoms with van der Waals surface area (Å²) in [5, 5.41) is 7.71. The van der Waals surface area contributed by atoms with Crippen LogP contribution in [0.3, 0.4) is 0 Å². The van der Waals surface area contributed by atoms with Crippen LogP contribution in [0, 0.1) is 5.41 Å². The van der Waals surface area contributed by atoms with Crippen LogP contribution in [0.5, 0.6) is 0 Å². The first-order valence-electron chi connectivity index (χ1n) is 10.1. The summed E-state index contributed by atoms with van der Waals surface area (Å²) in [6.07, 6.45) is 7.71. The zero-order valence-corrected chi connectivity index (χ0v) is 20.3. The molecule has 0 amide bonds. The molecule has 0 unspecified atom stereocenters. The van der Waals surface area contributed by atoms with Crippen molar-refractivity contribution in [2.24, 2.45) is 0 Å². The molecule has 1 aliphatic heterocycles. The normalized spacial score (nSPS) is 16.5. The van der Waals surface area contributed by atoms with E-state index in [1.165, 1.54) is 30.4 Å². The van der Waals surface area contributed by atoms with Crippen LogP contribution in [-0.4, -0.2) is 24.5 Å². The number of Topliss-reactive ketones (excluding diaryl/α,β-unsaturated/α-hetero) is 1. The van der Waals surface area contributed by atoms with Gasteiger partial charge in [0.25, 0.3) is 0 Å². The van der Waals surface area contributed by atoms with Gasteiger partial charge in [-0.15, -0.1) is 0 Å². The van der Waals surface area contributed by atoms with Gasteiger partial charge in [-0.1, -0.05) is 0 Å². The first-order valence-corrected chi connectivity index (χ1v) is 12.2. The zero-order valence-electron chi connectivity index (χ0n) is 18.3. The number of allylic oxidation sites excluding steroid dienone is 8. The van der Waals surface area contributed by atoms with E-state index in [2.05, 4.69) is 41.9 Å². The minimum atomic E-state index is -3.86. The van der Waals surface area contributed by atoms with Gasteiger partial charge in [0.05, 0.1) is 0 Å². The van der Waals surface area contributed by atoms with Gasteiger partial charge in [-0.2, -0.15) is 0 Å². The Morgan fingerprint density at radius 1 is 1.09 bits per heavy atom. The van der Waals surface area contributed by atoms with Crippen LogP contribution >= 0.6 is 0 Å². The Kier molecular flexibility index (Phi) is 7.26. The third-order valence-electron chi connectivity index (χ3n) is 5.49. The Morgan fingerprint density at radius 3 is 2.33 bits per heavy atom. The molecule has 0 saturated carbocycles. The van der Waals surface area contributed by atoms with Crippen molar-refractivity contribution in [3.63, 3.8) is 0 Å². The fourth-order valence-electron chi connectivity index (χ4n) is 3.43. The van der Waals surface area contributed by atoms with Crippen LogP contribution in [0.2, 0.25) is 0 Å². The molecule has 0 spiro atoms. The van der Waals surface area contributed by atoms with Gasteiger partial charge in [-0.25, -0.2) is 0 Å². The fraction of sp³-hybridized carbons (Fsp3) is 0.111. The molecule has 2 aromatic rings. The van der Waals surface area contributed by atoms with Gasteiger partial charge in [-0.3, -0.25) is 0 Å². The molecule has 6 heteroatoms. The Morgan fingerprint density at radius 2 is 1.73 bits per heavy atom. The number of hydrogen-bond acceptors (Lipinski definition) is 4. The average Bonchev–Trinajstić information content (AvgIpc) is 3.01. The van der Waals surface area contributed by atoms with E-state index in [-0.39, 0.29) is 20.8 Å². The number of benzene rings is 2. The maximum absolute atomic E-state index is 12.7. The van der Waals surface area contributed by atoms with Crippen molar-refractivity contribution in [2.45, 2.75) is 24.2 Å². The summed E-state index contributed by atoms with van der Waals surface area (Å²) in [7, 11) is -3.86. The van der Waals surface area contributed by atoms with Gasteiger partial charge >= 0.3 is 203 Å². The second-order valence-corrected chi connectivity index (χ2v) is 10.4. The summed E-state index contributed by atoms with van der Waals surface area (Å²) < 4.78 is 26.3. The molecule has 0 saturated heterocycles. The number of hydrogen-bond donors (Lipinski definition) is 1. The predicted octanol–water partition coefficient (Wildman–Crippen LogP) is 5.08. The Bertz CT molecular complexity index is 1390. The summed E-state index contributed by atoms with van der Waals surface area (Å²) in [6, 6.07) is 16.1. The Labute approximate surface area is 202 Å². The first-order chi connectivity index (χ1) is 15.6. The monoisotopic (exact) mass is 496 g/mol. The molecule has 0 aliphatic carbocycles. The topological polar surface area (TPSA) is 75.1 Å². The van der Waals surface area contributed by atoms with Gasteiger partial charge < -0.3 is 0 Å². The summed E-state index contributed by atoms with van der Waals surface area (Å²) in [5.74, 6) is 1.83. The van der Waals surface area contributed by atoms with E-state index in [9.17, 15) is 13.2 Å². The van der Waals surface area contributed by atoms with Gasteiger partial charge in [0.15, 0.2) is 0 Å². The molecule has 0 fully saturated rings. The summed E-state index contributed by atoms with van der Waals surface area (Å²) in [6.45, 7) is 7.99. The standard InChI is InChI=1S/C27H23NO3S.Mn/c1-4-20(17-18-27(2,3)22-12-6-5-7-13-22)21(19-28)11-10-16-25-26(29)23-14-8-9-15-24(23)32(25,30)31;/h4-17,28H,1H2,2-3H3;/b11-10+,20-17+,25-16-;. The van der Waals surface area contributed by atoms with Gasteiger partial charge in [0.1, 0.15) is 0 Å². The van der Waals surface area contributed by atoms with E-state index in [0.717, 1.165) is 9.98 Å². The second kappa shape index (κ2) is 9.78. The van der Waals surface area contributed by atoms with E-state index in [0.29, 0.717) is 11.1 Å². The molecule has 0 bridgehead atoms. The van der Waals surface area contributed by atoms with Crippen LogP contribution in [-0.2, 0) is 30.8 Å². The minimum absolute atomic E-state index is 0.0193. The van der Waals surface area contributed by atoms with Gasteiger partial charge in [-0.05, 0) is 0 Å². The number of carbonyl (C=O) groups excluding carboxylic acids is 1. The Hall–Kier alpha value is -3.14. The number of rotatable bonds is 7. The molecule has 3 rings (SSSR count). The van der Waals surface area contributed by atoms with Crippen molar-refractivity contribution in [1.29, 1.82) is 5.41 Å². The first kappa shape index (κ1) is 24.5.